The van der Waals surface area contributed by atoms with Gasteiger partial charge in [-0.1, -0.05) is 121 Å². The van der Waals surface area contributed by atoms with Crippen molar-refractivity contribution in [2.45, 2.75) is 5.40 Å². The second kappa shape index (κ2) is 11.9. The third-order valence-electron chi connectivity index (χ3n) is 6.26. The molecule has 0 spiro atoms. The van der Waals surface area contributed by atoms with Crippen LogP contribution in [0.3, 0.4) is 0 Å². The highest BCUT2D eigenvalue weighted by molar-refractivity contribution is 7.89. The maximum atomic E-state index is 5.71. The van der Waals surface area contributed by atoms with Crippen molar-refractivity contribution in [2.75, 3.05) is 32.8 Å². The molecule has 0 amide bonds. The van der Waals surface area contributed by atoms with Crippen LogP contribution in [0.25, 0.3) is 0 Å². The summed E-state index contributed by atoms with van der Waals surface area (Å²) >= 11 is 0. The molecule has 1 aliphatic heterocycles. The predicted octanol–water partition coefficient (Wildman–Crippen LogP) is 4.91. The van der Waals surface area contributed by atoms with Crippen molar-refractivity contribution in [1.82, 2.24) is 4.90 Å². The molecule has 0 saturated carbocycles. The summed E-state index contributed by atoms with van der Waals surface area (Å²) in [6.45, 7) is 4.76. The smallest absolute Gasteiger partial charge is 0.0594 e. The van der Waals surface area contributed by atoms with Gasteiger partial charge in [-0.25, -0.2) is 0 Å². The van der Waals surface area contributed by atoms with Crippen LogP contribution in [0, 0.1) is 0 Å². The van der Waals surface area contributed by atoms with Crippen LogP contribution in [0.1, 0.15) is 0 Å². The van der Waals surface area contributed by atoms with Gasteiger partial charge in [0.15, 0.2) is 0 Å². The van der Waals surface area contributed by atoms with Crippen LogP contribution in [0.5, 0.6) is 0 Å². The van der Waals surface area contributed by atoms with E-state index in [1.165, 1.54) is 21.2 Å². The second-order valence-corrected chi connectivity index (χ2v) is 13.7. The number of nitrogens with zero attached hydrogens (tertiary/aromatic N) is 1. The average molecular weight is 484 g/mol. The molecule has 172 valence electrons. The molecule has 0 atom stereocenters. The van der Waals surface area contributed by atoms with Gasteiger partial charge in [0.1, 0.15) is 0 Å². The molecule has 4 heteroatoms. The zero-order valence-electron chi connectivity index (χ0n) is 19.4. The van der Waals surface area contributed by atoms with E-state index in [1.807, 2.05) is 0 Å². The molecule has 0 N–H and O–H groups in total. The lowest BCUT2D eigenvalue weighted by Gasteiger charge is -2.40. The molecule has 0 aliphatic carbocycles. The molecular formula is C30H31NOP2. The van der Waals surface area contributed by atoms with Gasteiger partial charge in [0.25, 0.3) is 0 Å². The fraction of sp³-hybridized carbons (Fsp3) is 0.200. The first kappa shape index (κ1) is 23.4. The number of rotatable bonds is 8. The SMILES string of the molecule is c1ccc(P(c2ccccc2)C(CN2CCOCC2)P(c2ccccc2)c2ccccc2)cc1. The van der Waals surface area contributed by atoms with Gasteiger partial charge in [0.05, 0.1) is 13.2 Å². The minimum atomic E-state index is -0.579. The lowest BCUT2D eigenvalue weighted by molar-refractivity contribution is 0.0400. The average Bonchev–Trinajstić information content (AvgIpc) is 2.92. The summed E-state index contributed by atoms with van der Waals surface area (Å²) in [6.07, 6.45) is 0. The molecule has 1 fully saturated rings. The van der Waals surface area contributed by atoms with Crippen LogP contribution in [0.4, 0.5) is 0 Å². The number of hydrogen-bond donors (Lipinski definition) is 0. The molecule has 34 heavy (non-hydrogen) atoms. The summed E-state index contributed by atoms with van der Waals surface area (Å²) < 4.78 is 5.71. The van der Waals surface area contributed by atoms with Gasteiger partial charge in [0.2, 0.25) is 0 Å². The number of morpholine rings is 1. The van der Waals surface area contributed by atoms with Crippen molar-refractivity contribution in [1.29, 1.82) is 0 Å². The lowest BCUT2D eigenvalue weighted by Crippen LogP contribution is -2.43. The van der Waals surface area contributed by atoms with Crippen molar-refractivity contribution in [3.05, 3.63) is 121 Å². The summed E-state index contributed by atoms with van der Waals surface area (Å²) in [5.41, 5.74) is 0. The van der Waals surface area contributed by atoms with Crippen LogP contribution >= 0.6 is 15.8 Å². The monoisotopic (exact) mass is 483 g/mol. The molecule has 1 saturated heterocycles. The molecule has 0 radical (unpaired) electrons. The Morgan fingerprint density at radius 3 is 1.18 bits per heavy atom. The van der Waals surface area contributed by atoms with E-state index >= 15 is 0 Å². The Labute approximate surface area is 206 Å². The van der Waals surface area contributed by atoms with Gasteiger partial charge in [0, 0.05) is 25.0 Å². The molecule has 1 aliphatic rings. The van der Waals surface area contributed by atoms with Crippen molar-refractivity contribution in [3.63, 3.8) is 0 Å². The highest BCUT2D eigenvalue weighted by atomic mass is 31.2. The van der Waals surface area contributed by atoms with E-state index in [9.17, 15) is 0 Å². The Balaban J connectivity index is 1.67. The summed E-state index contributed by atoms with van der Waals surface area (Å²) in [5.74, 6) is 0. The lowest BCUT2D eigenvalue weighted by atomic mass is 10.4. The van der Waals surface area contributed by atoms with Crippen molar-refractivity contribution in [2.24, 2.45) is 0 Å². The third-order valence-corrected chi connectivity index (χ3v) is 12.6. The van der Waals surface area contributed by atoms with Crippen LogP contribution in [-0.4, -0.2) is 43.1 Å². The zero-order valence-corrected chi connectivity index (χ0v) is 21.2. The van der Waals surface area contributed by atoms with Gasteiger partial charge >= 0.3 is 0 Å². The molecule has 2 nitrogen and oxygen atoms in total. The van der Waals surface area contributed by atoms with E-state index in [-0.39, 0.29) is 0 Å². The maximum Gasteiger partial charge on any atom is 0.0594 e. The fourth-order valence-electron chi connectivity index (χ4n) is 4.63. The first-order valence-electron chi connectivity index (χ1n) is 12.0. The Morgan fingerprint density at radius 1 is 0.529 bits per heavy atom. The van der Waals surface area contributed by atoms with Gasteiger partial charge in [-0.2, -0.15) is 0 Å². The molecule has 0 unspecified atom stereocenters. The van der Waals surface area contributed by atoms with E-state index in [4.69, 9.17) is 4.74 Å². The topological polar surface area (TPSA) is 12.5 Å². The molecular weight excluding hydrogens is 452 g/mol. The standard InChI is InChI=1S/C30H31NOP2/c1-5-13-26(14-6-1)33(27-15-7-2-8-16-27)30(25-31-21-23-32-24-22-31)34(28-17-9-3-10-18-28)29-19-11-4-12-20-29/h1-20,30H,21-25H2. The third kappa shape index (κ3) is 5.65. The van der Waals surface area contributed by atoms with E-state index < -0.39 is 15.8 Å². The second-order valence-electron chi connectivity index (χ2n) is 8.48. The summed E-state index contributed by atoms with van der Waals surface area (Å²) in [7, 11) is -1.16. The van der Waals surface area contributed by atoms with Crippen LogP contribution < -0.4 is 21.2 Å². The Bertz CT molecular complexity index is 958. The predicted molar refractivity (Wildman–Crippen MR) is 149 cm³/mol. The zero-order chi connectivity index (χ0) is 23.0. The Morgan fingerprint density at radius 2 is 0.853 bits per heavy atom. The molecule has 4 aromatic carbocycles. The molecule has 0 bridgehead atoms. The Kier molecular flexibility index (Phi) is 8.17. The van der Waals surface area contributed by atoms with Crippen molar-refractivity contribution < 1.29 is 4.74 Å². The van der Waals surface area contributed by atoms with E-state index in [0.29, 0.717) is 5.40 Å². The highest BCUT2D eigenvalue weighted by Crippen LogP contribution is 2.56. The number of benzene rings is 4. The molecule has 4 aromatic rings. The first-order valence-corrected chi connectivity index (χ1v) is 14.8. The maximum absolute atomic E-state index is 5.71. The normalized spacial score (nSPS) is 14.7. The fourth-order valence-corrected chi connectivity index (χ4v) is 11.9. The van der Waals surface area contributed by atoms with Gasteiger partial charge in [-0.3, -0.25) is 4.90 Å². The van der Waals surface area contributed by atoms with Crippen LogP contribution in [0.15, 0.2) is 121 Å². The quantitative estimate of drug-likeness (QED) is 0.330. The molecule has 5 rings (SSSR count). The van der Waals surface area contributed by atoms with Crippen LogP contribution in [-0.2, 0) is 4.74 Å². The van der Waals surface area contributed by atoms with Gasteiger partial charge < -0.3 is 4.74 Å². The molecule has 0 aromatic heterocycles. The Hall–Kier alpha value is -2.34. The van der Waals surface area contributed by atoms with Crippen molar-refractivity contribution >= 4 is 37.1 Å². The number of ether oxygens (including phenoxy) is 1. The number of hydrogen-bond acceptors (Lipinski definition) is 2. The van der Waals surface area contributed by atoms with E-state index in [2.05, 4.69) is 126 Å². The first-order chi connectivity index (χ1) is 16.9. The summed E-state index contributed by atoms with van der Waals surface area (Å²) in [4.78, 5) is 2.64. The van der Waals surface area contributed by atoms with Gasteiger partial charge in [-0.15, -0.1) is 0 Å². The minimum Gasteiger partial charge on any atom is -0.379 e. The summed E-state index contributed by atoms with van der Waals surface area (Å²) in [6, 6.07) is 44.9. The van der Waals surface area contributed by atoms with E-state index in [0.717, 1.165) is 32.8 Å². The molecule has 1 heterocycles. The van der Waals surface area contributed by atoms with E-state index in [1.54, 1.807) is 0 Å². The highest BCUT2D eigenvalue weighted by Gasteiger charge is 2.35. The summed E-state index contributed by atoms with van der Waals surface area (Å²) in [5, 5.41) is 6.32. The largest absolute Gasteiger partial charge is 0.379 e. The van der Waals surface area contributed by atoms with Crippen molar-refractivity contribution in [3.8, 4) is 0 Å². The van der Waals surface area contributed by atoms with Gasteiger partial charge in [-0.05, 0) is 37.1 Å². The minimum absolute atomic E-state index is 0.484. The van der Waals surface area contributed by atoms with Crippen LogP contribution in [0.2, 0.25) is 0 Å².